The van der Waals surface area contributed by atoms with Crippen LogP contribution in [0.1, 0.15) is 28.8 Å². The minimum Gasteiger partial charge on any atom is -0.497 e. The number of carbonyl (C=O) groups is 2. The summed E-state index contributed by atoms with van der Waals surface area (Å²) in [6, 6.07) is 11.0. The van der Waals surface area contributed by atoms with Crippen LogP contribution in [0.3, 0.4) is 0 Å². The van der Waals surface area contributed by atoms with E-state index in [9.17, 15) is 18.0 Å². The summed E-state index contributed by atoms with van der Waals surface area (Å²) < 4.78 is 32.4. The van der Waals surface area contributed by atoms with Crippen molar-refractivity contribution < 1.29 is 22.7 Å². The first-order valence-corrected chi connectivity index (χ1v) is 11.0. The lowest BCUT2D eigenvalue weighted by atomic mass is 9.98. The zero-order chi connectivity index (χ0) is 21.9. The molecule has 1 aliphatic heterocycles. The summed E-state index contributed by atoms with van der Waals surface area (Å²) in [5.74, 6) is -0.682. The van der Waals surface area contributed by atoms with Crippen LogP contribution in [0, 0.1) is 12.8 Å². The number of nitrogens with two attached hydrogens (primary N) is 1. The standard InChI is InChI=1S/C21H25N3O5S/c1-14-12-16(5-10-19(14)20(22)25)23-21(26)15-4-3-11-24(13-15)30(27,28)18-8-6-17(29-2)7-9-18/h5-10,12,15H,3-4,11,13H2,1-2H3,(H2,22,25)(H,23,26). The van der Waals surface area contributed by atoms with E-state index in [0.717, 1.165) is 0 Å². The number of carbonyl (C=O) groups excluding carboxylic acids is 2. The summed E-state index contributed by atoms with van der Waals surface area (Å²) in [7, 11) is -2.19. The number of nitrogens with one attached hydrogen (secondary N) is 1. The number of ether oxygens (including phenoxy) is 1. The molecular formula is C21H25N3O5S. The number of rotatable bonds is 6. The summed E-state index contributed by atoms with van der Waals surface area (Å²) in [4.78, 5) is 24.3. The third-order valence-corrected chi connectivity index (χ3v) is 7.09. The first-order valence-electron chi connectivity index (χ1n) is 9.58. The van der Waals surface area contributed by atoms with E-state index in [4.69, 9.17) is 10.5 Å². The predicted molar refractivity (Wildman–Crippen MR) is 113 cm³/mol. The second-order valence-corrected chi connectivity index (χ2v) is 9.20. The second-order valence-electron chi connectivity index (χ2n) is 7.26. The third-order valence-electron chi connectivity index (χ3n) is 5.21. The molecule has 3 N–H and O–H groups in total. The van der Waals surface area contributed by atoms with Crippen molar-refractivity contribution in [2.45, 2.75) is 24.7 Å². The van der Waals surface area contributed by atoms with Crippen LogP contribution < -0.4 is 15.8 Å². The van der Waals surface area contributed by atoms with Crippen LogP contribution in [-0.2, 0) is 14.8 Å². The van der Waals surface area contributed by atoms with Crippen molar-refractivity contribution in [2.75, 3.05) is 25.5 Å². The molecule has 1 fully saturated rings. The Hall–Kier alpha value is -2.91. The number of methoxy groups -OCH3 is 1. The Morgan fingerprint density at radius 2 is 1.87 bits per heavy atom. The van der Waals surface area contributed by atoms with Crippen LogP contribution in [0.2, 0.25) is 0 Å². The molecule has 0 aromatic heterocycles. The maximum Gasteiger partial charge on any atom is 0.248 e. The molecule has 0 aliphatic carbocycles. The number of benzene rings is 2. The normalized spacial score (nSPS) is 17.3. The van der Waals surface area contributed by atoms with Gasteiger partial charge < -0.3 is 15.8 Å². The molecule has 1 aliphatic rings. The van der Waals surface area contributed by atoms with Crippen molar-refractivity contribution in [3.63, 3.8) is 0 Å². The van der Waals surface area contributed by atoms with Crippen molar-refractivity contribution in [3.8, 4) is 5.75 Å². The molecule has 2 aromatic rings. The first-order chi connectivity index (χ1) is 14.2. The molecule has 0 spiro atoms. The molecule has 30 heavy (non-hydrogen) atoms. The molecule has 2 aromatic carbocycles. The number of hydrogen-bond donors (Lipinski definition) is 2. The Labute approximate surface area is 176 Å². The molecule has 1 unspecified atom stereocenters. The highest BCUT2D eigenvalue weighted by molar-refractivity contribution is 7.89. The van der Waals surface area contributed by atoms with Crippen molar-refractivity contribution in [1.82, 2.24) is 4.31 Å². The third kappa shape index (κ3) is 4.63. The fourth-order valence-corrected chi connectivity index (χ4v) is 5.06. The zero-order valence-electron chi connectivity index (χ0n) is 16.9. The number of hydrogen-bond acceptors (Lipinski definition) is 5. The van der Waals surface area contributed by atoms with Crippen molar-refractivity contribution in [1.29, 1.82) is 0 Å². The lowest BCUT2D eigenvalue weighted by Crippen LogP contribution is -2.43. The summed E-state index contributed by atoms with van der Waals surface area (Å²) in [6.45, 7) is 2.21. The van der Waals surface area contributed by atoms with E-state index < -0.39 is 21.8 Å². The predicted octanol–water partition coefficient (Wildman–Crippen LogP) is 2.14. The molecule has 1 saturated heterocycles. The van der Waals surface area contributed by atoms with Crippen molar-refractivity contribution >= 4 is 27.5 Å². The van der Waals surface area contributed by atoms with Crippen LogP contribution in [-0.4, -0.2) is 44.7 Å². The molecule has 0 bridgehead atoms. The van der Waals surface area contributed by atoms with Gasteiger partial charge in [0.2, 0.25) is 21.8 Å². The van der Waals surface area contributed by atoms with Gasteiger partial charge in [-0.25, -0.2) is 8.42 Å². The molecule has 8 nitrogen and oxygen atoms in total. The van der Waals surface area contributed by atoms with E-state index in [1.807, 2.05) is 0 Å². The number of piperidine rings is 1. The number of sulfonamides is 1. The van der Waals surface area contributed by atoms with Crippen LogP contribution in [0.5, 0.6) is 5.75 Å². The highest BCUT2D eigenvalue weighted by atomic mass is 32.2. The zero-order valence-corrected chi connectivity index (χ0v) is 17.7. The summed E-state index contributed by atoms with van der Waals surface area (Å²) >= 11 is 0. The molecular weight excluding hydrogens is 406 g/mol. The first kappa shape index (κ1) is 21.8. The fraction of sp³-hybridized carbons (Fsp3) is 0.333. The molecule has 160 valence electrons. The molecule has 2 amide bonds. The van der Waals surface area contributed by atoms with Gasteiger partial charge in [0.05, 0.1) is 17.9 Å². The monoisotopic (exact) mass is 431 g/mol. The number of nitrogens with zero attached hydrogens (tertiary/aromatic N) is 1. The Kier molecular flexibility index (Phi) is 6.42. The molecule has 9 heteroatoms. The van der Waals surface area contributed by atoms with Crippen LogP contribution in [0.4, 0.5) is 5.69 Å². The maximum absolute atomic E-state index is 13.0. The minimum absolute atomic E-state index is 0.110. The van der Waals surface area contributed by atoms with Gasteiger partial charge in [0.25, 0.3) is 0 Å². The van der Waals surface area contributed by atoms with E-state index >= 15 is 0 Å². The molecule has 3 rings (SSSR count). The van der Waals surface area contributed by atoms with Crippen LogP contribution >= 0.6 is 0 Å². The smallest absolute Gasteiger partial charge is 0.248 e. The van der Waals surface area contributed by atoms with E-state index in [1.54, 1.807) is 37.3 Å². The van der Waals surface area contributed by atoms with Gasteiger partial charge in [-0.3, -0.25) is 9.59 Å². The average molecular weight is 432 g/mol. The van der Waals surface area contributed by atoms with Gasteiger partial charge in [0.15, 0.2) is 0 Å². The van der Waals surface area contributed by atoms with Gasteiger partial charge in [-0.15, -0.1) is 0 Å². The average Bonchev–Trinajstić information content (AvgIpc) is 2.73. The van der Waals surface area contributed by atoms with E-state index in [1.165, 1.54) is 23.5 Å². The van der Waals surface area contributed by atoms with Gasteiger partial charge in [-0.05, 0) is 67.8 Å². The number of amides is 2. The quantitative estimate of drug-likeness (QED) is 0.726. The highest BCUT2D eigenvalue weighted by Crippen LogP contribution is 2.26. The molecule has 0 radical (unpaired) electrons. The lowest BCUT2D eigenvalue weighted by molar-refractivity contribution is -0.120. The Bertz CT molecular complexity index is 1050. The number of anilines is 1. The molecule has 1 atom stereocenters. The lowest BCUT2D eigenvalue weighted by Gasteiger charge is -2.31. The largest absolute Gasteiger partial charge is 0.497 e. The highest BCUT2D eigenvalue weighted by Gasteiger charge is 2.33. The van der Waals surface area contributed by atoms with Gasteiger partial charge >= 0.3 is 0 Å². The van der Waals surface area contributed by atoms with E-state index in [2.05, 4.69) is 5.32 Å². The Morgan fingerprint density at radius 1 is 1.17 bits per heavy atom. The minimum atomic E-state index is -3.70. The van der Waals surface area contributed by atoms with Gasteiger partial charge in [0, 0.05) is 24.3 Å². The fourth-order valence-electron chi connectivity index (χ4n) is 3.53. The molecule has 0 saturated carbocycles. The summed E-state index contributed by atoms with van der Waals surface area (Å²) in [6.07, 6.45) is 1.19. The SMILES string of the molecule is COc1ccc(S(=O)(=O)N2CCCC(C(=O)Nc3ccc(C(N)=O)c(C)c3)C2)cc1. The number of aryl methyl sites for hydroxylation is 1. The maximum atomic E-state index is 13.0. The van der Waals surface area contributed by atoms with Crippen LogP contribution in [0.25, 0.3) is 0 Å². The second kappa shape index (κ2) is 8.85. The Balaban J connectivity index is 1.71. The van der Waals surface area contributed by atoms with E-state index in [-0.39, 0.29) is 17.3 Å². The van der Waals surface area contributed by atoms with Crippen LogP contribution in [0.15, 0.2) is 47.4 Å². The van der Waals surface area contributed by atoms with Crippen molar-refractivity contribution in [2.24, 2.45) is 11.7 Å². The molecule has 1 heterocycles. The summed E-state index contributed by atoms with van der Waals surface area (Å²) in [5, 5.41) is 2.82. The van der Waals surface area contributed by atoms with E-state index in [0.29, 0.717) is 42.0 Å². The van der Waals surface area contributed by atoms with Gasteiger partial charge in [-0.1, -0.05) is 0 Å². The summed E-state index contributed by atoms with van der Waals surface area (Å²) in [5.41, 5.74) is 6.90. The van der Waals surface area contributed by atoms with Gasteiger partial charge in [0.1, 0.15) is 5.75 Å². The van der Waals surface area contributed by atoms with Crippen molar-refractivity contribution in [3.05, 3.63) is 53.6 Å². The topological polar surface area (TPSA) is 119 Å². The number of primary amides is 1. The van der Waals surface area contributed by atoms with Gasteiger partial charge in [-0.2, -0.15) is 4.31 Å². The Morgan fingerprint density at radius 3 is 2.47 bits per heavy atom.